The first-order valence-corrected chi connectivity index (χ1v) is 18.9. The van der Waals surface area contributed by atoms with Gasteiger partial charge in [-0.2, -0.15) is 8.78 Å². The molecule has 1 saturated heterocycles. The van der Waals surface area contributed by atoms with Crippen LogP contribution in [0.1, 0.15) is 79.8 Å². The van der Waals surface area contributed by atoms with Crippen molar-refractivity contribution in [3.8, 4) is 5.75 Å². The first kappa shape index (κ1) is 33.7. The molecular weight excluding hydrogens is 577 g/mol. The van der Waals surface area contributed by atoms with Crippen LogP contribution in [-0.2, 0) is 25.1 Å². The fraction of sp³-hybridized carbons (Fsp3) is 0.667. The molecule has 3 aliphatic rings. The Morgan fingerprint density at radius 2 is 1.93 bits per heavy atom. The maximum Gasteiger partial charge on any atom is 0.338 e. The average molecular weight is 625 g/mol. The zero-order chi connectivity index (χ0) is 31.4. The Labute approximate surface area is 255 Å². The second-order valence-electron chi connectivity index (χ2n) is 13.3. The summed E-state index contributed by atoms with van der Waals surface area (Å²) in [5, 5.41) is 0. The van der Waals surface area contributed by atoms with Gasteiger partial charge >= 0.3 is 12.0 Å². The van der Waals surface area contributed by atoms with Gasteiger partial charge < -0.3 is 23.4 Å². The van der Waals surface area contributed by atoms with Gasteiger partial charge in [0.15, 0.2) is 20.4 Å². The highest BCUT2D eigenvalue weighted by Gasteiger charge is 2.46. The van der Waals surface area contributed by atoms with E-state index in [9.17, 15) is 18.0 Å². The highest BCUT2D eigenvalue weighted by molar-refractivity contribution is 6.69. The quantitative estimate of drug-likeness (QED) is 0.140. The molecule has 2 heterocycles. The summed E-state index contributed by atoms with van der Waals surface area (Å²) in [4.78, 5) is 12.4. The van der Waals surface area contributed by atoms with E-state index in [1.54, 1.807) is 6.07 Å². The summed E-state index contributed by atoms with van der Waals surface area (Å²) in [6.45, 7) is 10.6. The normalized spacial score (nSPS) is 27.0. The number of ether oxygens (including phenoxy) is 4. The molecule has 1 unspecified atom stereocenters. The van der Waals surface area contributed by atoms with E-state index in [4.69, 9.17) is 23.4 Å². The van der Waals surface area contributed by atoms with Gasteiger partial charge in [-0.3, -0.25) is 0 Å². The molecule has 10 heteroatoms. The molecule has 1 aromatic rings. The summed E-state index contributed by atoms with van der Waals surface area (Å²) >= 11 is 0. The second-order valence-corrected chi connectivity index (χ2v) is 17.8. The lowest BCUT2D eigenvalue weighted by molar-refractivity contribution is -0.193. The molecule has 0 radical (unpaired) electrons. The van der Waals surface area contributed by atoms with Crippen LogP contribution in [0.4, 0.5) is 13.2 Å². The van der Waals surface area contributed by atoms with Crippen LogP contribution in [0.2, 0.25) is 19.6 Å². The third-order valence-corrected chi connectivity index (χ3v) is 9.88. The number of allylic oxidation sites excluding steroid dienone is 1. The summed E-state index contributed by atoms with van der Waals surface area (Å²) in [7, 11) is -0.688. The molecule has 0 amide bonds. The molecule has 0 aromatic heterocycles. The van der Waals surface area contributed by atoms with E-state index in [-0.39, 0.29) is 49.1 Å². The first-order valence-electron chi connectivity index (χ1n) is 15.5. The topological polar surface area (TPSA) is 63.2 Å². The molecule has 0 spiro atoms. The lowest BCUT2D eigenvalue weighted by atomic mass is 9.87. The van der Waals surface area contributed by atoms with E-state index in [1.807, 2.05) is 39.6 Å². The standard InChI is InChI=1S/C33H47F3O6Si/c1-21-23(32(37)38-3)14-12-22-13-15-25-24(27(20-28(25)41-30(21)22)40-29-11-7-8-19-39-29)10-9-17-33(2,42-43(4,5)6)18-16-26(34)31(35)36/h9-10,12,14,24-25,27-29H,7-8,11,13,15-20H2,1-6H3/b10-9+/t24-,25-,27-,28+,29?,33-/m1/s1. The van der Waals surface area contributed by atoms with Crippen molar-refractivity contribution in [1.29, 1.82) is 0 Å². The van der Waals surface area contributed by atoms with Gasteiger partial charge in [-0.15, -0.1) is 0 Å². The zero-order valence-electron chi connectivity index (χ0n) is 26.4. The van der Waals surface area contributed by atoms with Crippen LogP contribution in [0.15, 0.2) is 36.2 Å². The van der Waals surface area contributed by atoms with Crippen LogP contribution in [0, 0.1) is 18.8 Å². The highest BCUT2D eigenvalue weighted by atomic mass is 28.4. The van der Waals surface area contributed by atoms with E-state index in [0.29, 0.717) is 25.0 Å². The smallest absolute Gasteiger partial charge is 0.338 e. The van der Waals surface area contributed by atoms with Gasteiger partial charge in [-0.1, -0.05) is 18.2 Å². The van der Waals surface area contributed by atoms with E-state index in [0.717, 1.165) is 49.0 Å². The molecule has 43 heavy (non-hydrogen) atoms. The maximum atomic E-state index is 13.8. The highest BCUT2D eigenvalue weighted by Crippen LogP contribution is 2.46. The number of hydrogen-bond acceptors (Lipinski definition) is 6. The Hall–Kier alpha value is -2.14. The van der Waals surface area contributed by atoms with E-state index in [1.165, 1.54) is 7.11 Å². The van der Waals surface area contributed by atoms with Gasteiger partial charge in [0.05, 0.1) is 24.4 Å². The number of aryl methyl sites for hydroxylation is 1. The van der Waals surface area contributed by atoms with Gasteiger partial charge in [0, 0.05) is 36.8 Å². The Morgan fingerprint density at radius 1 is 1.16 bits per heavy atom. The van der Waals surface area contributed by atoms with Crippen molar-refractivity contribution >= 4 is 14.3 Å². The van der Waals surface area contributed by atoms with E-state index < -0.39 is 25.8 Å². The largest absolute Gasteiger partial charge is 0.489 e. The Kier molecular flexibility index (Phi) is 11.2. The lowest BCUT2D eigenvalue weighted by Crippen LogP contribution is -2.40. The van der Waals surface area contributed by atoms with Crippen LogP contribution in [0.5, 0.6) is 5.75 Å². The molecule has 4 rings (SSSR count). The molecule has 6 nitrogen and oxygen atoms in total. The van der Waals surface area contributed by atoms with Crippen molar-refractivity contribution in [3.05, 3.63) is 52.9 Å². The molecule has 6 atom stereocenters. The fourth-order valence-corrected chi connectivity index (χ4v) is 8.48. The molecule has 2 aliphatic heterocycles. The molecule has 0 bridgehead atoms. The van der Waals surface area contributed by atoms with Gasteiger partial charge in [0.2, 0.25) is 0 Å². The van der Waals surface area contributed by atoms with E-state index in [2.05, 4.69) is 12.2 Å². The van der Waals surface area contributed by atoms with Crippen LogP contribution >= 0.6 is 0 Å². The van der Waals surface area contributed by atoms with Crippen molar-refractivity contribution in [2.75, 3.05) is 13.7 Å². The van der Waals surface area contributed by atoms with Gasteiger partial charge in [-0.05, 0) is 90.1 Å². The van der Waals surface area contributed by atoms with Crippen molar-refractivity contribution < 1.29 is 41.3 Å². The number of benzene rings is 1. The Bertz CT molecular complexity index is 1190. The summed E-state index contributed by atoms with van der Waals surface area (Å²) < 4.78 is 70.0. The third kappa shape index (κ3) is 8.74. The summed E-state index contributed by atoms with van der Waals surface area (Å²) in [6.07, 6.45) is 6.96. The SMILES string of the molecule is COC(=O)c1ccc2c(c1C)O[C@H]1C[C@@H](OC3CCCCO3)[C@H](/C=C/C[C@](C)(CCC(F)=C(F)F)O[Si](C)(C)C)[C@H]1CC2. The van der Waals surface area contributed by atoms with Crippen LogP contribution in [0.25, 0.3) is 0 Å². The Balaban J connectivity index is 1.58. The van der Waals surface area contributed by atoms with Crippen molar-refractivity contribution in [1.82, 2.24) is 0 Å². The van der Waals surface area contributed by atoms with Crippen LogP contribution in [0.3, 0.4) is 0 Å². The number of halogens is 3. The number of hydrogen-bond donors (Lipinski definition) is 0. The van der Waals surface area contributed by atoms with Gasteiger partial charge in [-0.25, -0.2) is 9.18 Å². The number of carbonyl (C=O) groups is 1. The van der Waals surface area contributed by atoms with Gasteiger partial charge in [0.25, 0.3) is 0 Å². The van der Waals surface area contributed by atoms with Crippen LogP contribution < -0.4 is 4.74 Å². The average Bonchev–Trinajstić information content (AvgIpc) is 3.14. The third-order valence-electron chi connectivity index (χ3n) is 8.78. The molecular formula is C33H47F3O6Si. The predicted molar refractivity (Wildman–Crippen MR) is 161 cm³/mol. The van der Waals surface area contributed by atoms with Crippen LogP contribution in [-0.4, -0.2) is 52.1 Å². The summed E-state index contributed by atoms with van der Waals surface area (Å²) in [5.74, 6) is -0.834. The first-order chi connectivity index (χ1) is 20.3. The predicted octanol–water partition coefficient (Wildman–Crippen LogP) is 8.44. The molecule has 1 aliphatic carbocycles. The minimum atomic E-state index is -2.27. The maximum absolute atomic E-state index is 13.8. The number of esters is 1. The molecule has 1 aromatic carbocycles. The number of methoxy groups -OCH3 is 1. The van der Waals surface area contributed by atoms with E-state index >= 15 is 0 Å². The van der Waals surface area contributed by atoms with Crippen molar-refractivity contribution in [2.45, 2.75) is 115 Å². The molecule has 2 fully saturated rings. The van der Waals surface area contributed by atoms with Gasteiger partial charge in [0.1, 0.15) is 11.9 Å². The second kappa shape index (κ2) is 14.3. The molecule has 1 saturated carbocycles. The minimum absolute atomic E-state index is 0.0290. The number of fused-ring (bicyclic) bond motifs is 2. The lowest BCUT2D eigenvalue weighted by Gasteiger charge is -2.36. The van der Waals surface area contributed by atoms with Crippen molar-refractivity contribution in [3.63, 3.8) is 0 Å². The fourth-order valence-electron chi connectivity index (χ4n) is 6.82. The molecule has 0 N–H and O–H groups in total. The monoisotopic (exact) mass is 624 g/mol. The number of carbonyl (C=O) groups excluding carboxylic acids is 1. The number of rotatable bonds is 11. The molecule has 240 valence electrons. The minimum Gasteiger partial charge on any atom is -0.489 e. The van der Waals surface area contributed by atoms with Crippen molar-refractivity contribution in [2.24, 2.45) is 11.8 Å². The summed E-state index contributed by atoms with van der Waals surface area (Å²) in [5.41, 5.74) is 1.56. The zero-order valence-corrected chi connectivity index (χ0v) is 27.4. The Morgan fingerprint density at radius 3 is 2.58 bits per heavy atom. The summed E-state index contributed by atoms with van der Waals surface area (Å²) in [6, 6.07) is 3.76.